The van der Waals surface area contributed by atoms with Crippen LogP contribution in [0.3, 0.4) is 0 Å². The van der Waals surface area contributed by atoms with Crippen molar-refractivity contribution in [3.8, 4) is 11.3 Å². The van der Waals surface area contributed by atoms with E-state index in [1.54, 1.807) is 12.1 Å². The van der Waals surface area contributed by atoms with Gasteiger partial charge in [-0.3, -0.25) is 14.4 Å². The number of carbonyl (C=O) groups is 1. The fourth-order valence-electron chi connectivity index (χ4n) is 6.48. The number of piperazine rings is 1. The third kappa shape index (κ3) is 7.84. The van der Waals surface area contributed by atoms with Gasteiger partial charge >= 0.3 is 0 Å². The van der Waals surface area contributed by atoms with Crippen molar-refractivity contribution in [2.24, 2.45) is 0 Å². The Morgan fingerprint density at radius 1 is 0.936 bits per heavy atom. The Morgan fingerprint density at radius 3 is 2.43 bits per heavy atom. The van der Waals surface area contributed by atoms with Crippen LogP contribution in [0.1, 0.15) is 46.6 Å². The van der Waals surface area contributed by atoms with Crippen molar-refractivity contribution in [1.29, 1.82) is 0 Å². The van der Waals surface area contributed by atoms with Crippen LogP contribution in [-0.2, 0) is 29.5 Å². The molecule has 0 aliphatic carbocycles. The first-order valence-electron chi connectivity index (χ1n) is 16.0. The SMILES string of the molecule is CC(NC(=O)c1ccccc1)c1cc(-c2nn(CCCN3CCN(c4cccc(Cl)c4)CC3)c3c2CN(S(C)(=O)=O)CC3)ccc1Cl. The Hall–Kier alpha value is -3.41. The normalized spacial score (nSPS) is 16.6. The summed E-state index contributed by atoms with van der Waals surface area (Å²) < 4.78 is 28.7. The number of anilines is 1. The van der Waals surface area contributed by atoms with Crippen LogP contribution in [0.25, 0.3) is 11.3 Å². The molecule has 12 heteroatoms. The van der Waals surface area contributed by atoms with Crippen molar-refractivity contribution < 1.29 is 13.2 Å². The van der Waals surface area contributed by atoms with Gasteiger partial charge in [-0.2, -0.15) is 9.40 Å². The molecular formula is C35H40Cl2N6O3S. The number of benzene rings is 3. The van der Waals surface area contributed by atoms with Crippen LogP contribution in [0.15, 0.2) is 72.8 Å². The van der Waals surface area contributed by atoms with Gasteiger partial charge in [-0.25, -0.2) is 8.42 Å². The number of rotatable bonds is 10. The van der Waals surface area contributed by atoms with Crippen LogP contribution in [0, 0.1) is 0 Å². The van der Waals surface area contributed by atoms with E-state index in [9.17, 15) is 13.2 Å². The molecule has 2 aliphatic heterocycles. The lowest BCUT2D eigenvalue weighted by Gasteiger charge is -2.36. The van der Waals surface area contributed by atoms with Crippen LogP contribution < -0.4 is 10.2 Å². The van der Waals surface area contributed by atoms with Gasteiger partial charge in [0, 0.05) is 96.9 Å². The first kappa shape index (κ1) is 33.5. The van der Waals surface area contributed by atoms with Crippen molar-refractivity contribution >= 4 is 44.8 Å². The summed E-state index contributed by atoms with van der Waals surface area (Å²) in [5.41, 5.74) is 6.09. The minimum atomic E-state index is -3.38. The van der Waals surface area contributed by atoms with E-state index in [-0.39, 0.29) is 18.5 Å². The summed E-state index contributed by atoms with van der Waals surface area (Å²) in [5.74, 6) is -0.184. The van der Waals surface area contributed by atoms with E-state index in [4.69, 9.17) is 28.3 Å². The summed E-state index contributed by atoms with van der Waals surface area (Å²) in [6.45, 7) is 8.14. The van der Waals surface area contributed by atoms with Gasteiger partial charge in [-0.1, -0.05) is 53.5 Å². The maximum Gasteiger partial charge on any atom is 0.251 e. The summed E-state index contributed by atoms with van der Waals surface area (Å²) >= 11 is 12.9. The molecular weight excluding hydrogens is 655 g/mol. The van der Waals surface area contributed by atoms with Gasteiger partial charge in [0.1, 0.15) is 0 Å². The zero-order valence-corrected chi connectivity index (χ0v) is 29.0. The van der Waals surface area contributed by atoms with Crippen LogP contribution in [0.2, 0.25) is 10.0 Å². The van der Waals surface area contributed by atoms with Gasteiger partial charge in [0.2, 0.25) is 10.0 Å². The van der Waals surface area contributed by atoms with E-state index in [0.29, 0.717) is 23.6 Å². The summed E-state index contributed by atoms with van der Waals surface area (Å²) in [6, 6.07) is 22.4. The Labute approximate surface area is 287 Å². The summed E-state index contributed by atoms with van der Waals surface area (Å²) in [5, 5.41) is 9.43. The van der Waals surface area contributed by atoms with Crippen molar-refractivity contribution in [3.63, 3.8) is 0 Å². The molecule has 2 aliphatic rings. The average Bonchev–Trinajstić information content (AvgIpc) is 3.43. The molecule has 0 bridgehead atoms. The first-order chi connectivity index (χ1) is 22.6. The zero-order valence-electron chi connectivity index (χ0n) is 26.7. The van der Waals surface area contributed by atoms with Crippen molar-refractivity contribution in [2.75, 3.05) is 50.4 Å². The maximum atomic E-state index is 12.9. The maximum absolute atomic E-state index is 12.9. The molecule has 6 rings (SSSR count). The molecule has 3 aromatic carbocycles. The first-order valence-corrected chi connectivity index (χ1v) is 18.6. The second-order valence-corrected chi connectivity index (χ2v) is 15.1. The van der Waals surface area contributed by atoms with Crippen molar-refractivity contribution in [2.45, 2.75) is 38.9 Å². The molecule has 1 atom stereocenters. The molecule has 1 unspecified atom stereocenters. The monoisotopic (exact) mass is 694 g/mol. The molecule has 1 saturated heterocycles. The Balaban J connectivity index is 1.18. The van der Waals surface area contributed by atoms with E-state index in [2.05, 4.69) is 25.9 Å². The minimum Gasteiger partial charge on any atom is -0.369 e. The molecule has 1 fully saturated rings. The Morgan fingerprint density at radius 2 is 1.70 bits per heavy atom. The largest absolute Gasteiger partial charge is 0.369 e. The number of nitrogens with zero attached hydrogens (tertiary/aromatic N) is 5. The lowest BCUT2D eigenvalue weighted by molar-refractivity contribution is 0.0940. The fraction of sp³-hybridized carbons (Fsp3) is 0.371. The van der Waals surface area contributed by atoms with Gasteiger partial charge in [0.25, 0.3) is 5.91 Å². The molecule has 9 nitrogen and oxygen atoms in total. The Kier molecular flexibility index (Phi) is 10.2. The van der Waals surface area contributed by atoms with Crippen molar-refractivity contribution in [3.05, 3.63) is 105 Å². The molecule has 0 spiro atoms. The van der Waals surface area contributed by atoms with Gasteiger partial charge in [0.05, 0.1) is 18.0 Å². The molecule has 47 heavy (non-hydrogen) atoms. The number of amides is 1. The molecule has 0 radical (unpaired) electrons. The van der Waals surface area contributed by atoms with E-state index in [1.165, 1.54) is 10.6 Å². The number of aromatic nitrogens is 2. The molecule has 0 saturated carbocycles. The van der Waals surface area contributed by atoms with Crippen LogP contribution in [0.5, 0.6) is 0 Å². The Bertz CT molecular complexity index is 1840. The van der Waals surface area contributed by atoms with E-state index < -0.39 is 10.0 Å². The van der Waals surface area contributed by atoms with Crippen molar-refractivity contribution in [1.82, 2.24) is 24.3 Å². The highest BCUT2D eigenvalue weighted by Gasteiger charge is 2.30. The van der Waals surface area contributed by atoms with Gasteiger partial charge in [-0.05, 0) is 61.4 Å². The lowest BCUT2D eigenvalue weighted by atomic mass is 9.98. The number of halogens is 2. The number of sulfonamides is 1. The van der Waals surface area contributed by atoms with Crippen LogP contribution in [0.4, 0.5) is 5.69 Å². The zero-order chi connectivity index (χ0) is 33.1. The number of carbonyl (C=O) groups excluding carboxylic acids is 1. The van der Waals surface area contributed by atoms with E-state index in [0.717, 1.165) is 84.5 Å². The number of aryl methyl sites for hydroxylation is 1. The number of hydrogen-bond donors (Lipinski definition) is 1. The second-order valence-electron chi connectivity index (χ2n) is 12.3. The molecule has 4 aromatic rings. The molecule has 1 aromatic heterocycles. The second kappa shape index (κ2) is 14.4. The van der Waals surface area contributed by atoms with Gasteiger partial charge in [-0.15, -0.1) is 0 Å². The van der Waals surface area contributed by atoms with E-state index in [1.807, 2.05) is 61.5 Å². The van der Waals surface area contributed by atoms with Crippen LogP contribution in [-0.4, -0.2) is 78.8 Å². The average molecular weight is 696 g/mol. The fourth-order valence-corrected chi connectivity index (χ4v) is 7.73. The number of hydrogen-bond acceptors (Lipinski definition) is 6. The van der Waals surface area contributed by atoms with Crippen LogP contribution >= 0.6 is 23.2 Å². The van der Waals surface area contributed by atoms with Gasteiger partial charge < -0.3 is 10.2 Å². The topological polar surface area (TPSA) is 90.8 Å². The number of nitrogens with one attached hydrogen (secondary N) is 1. The highest BCUT2D eigenvalue weighted by Crippen LogP contribution is 2.35. The predicted molar refractivity (Wildman–Crippen MR) is 189 cm³/mol. The molecule has 248 valence electrons. The minimum absolute atomic E-state index is 0.184. The lowest BCUT2D eigenvalue weighted by Crippen LogP contribution is -2.46. The summed E-state index contributed by atoms with van der Waals surface area (Å²) in [6.07, 6.45) is 2.78. The summed E-state index contributed by atoms with van der Waals surface area (Å²) in [7, 11) is -3.38. The highest BCUT2D eigenvalue weighted by atomic mass is 35.5. The third-order valence-electron chi connectivity index (χ3n) is 9.08. The smallest absolute Gasteiger partial charge is 0.251 e. The van der Waals surface area contributed by atoms with Gasteiger partial charge in [0.15, 0.2) is 0 Å². The molecule has 1 N–H and O–H groups in total. The summed E-state index contributed by atoms with van der Waals surface area (Å²) in [4.78, 5) is 17.7. The number of fused-ring (bicyclic) bond motifs is 1. The highest BCUT2D eigenvalue weighted by molar-refractivity contribution is 7.88. The molecule has 1 amide bonds. The predicted octanol–water partition coefficient (Wildman–Crippen LogP) is 5.88. The molecule has 3 heterocycles. The standard InChI is InChI=1S/C35H40Cl2N6O3S/c1-25(38-35(44)26-8-4-3-5-9-26)30-22-27(12-13-32(30)37)34-31-24-42(47(2,45)46)17-14-33(31)43(39-34)16-7-15-40-18-20-41(21-19-40)29-11-6-10-28(36)23-29/h3-6,8-13,22-23,25H,7,14-21,24H2,1-2H3,(H,38,44). The third-order valence-corrected chi connectivity index (χ3v) is 10.9. The van der Waals surface area contributed by atoms with E-state index >= 15 is 0 Å². The quantitative estimate of drug-likeness (QED) is 0.223.